The minimum Gasteiger partial charge on any atom is -0.497 e. The normalized spacial score (nSPS) is 19.9. The third-order valence-electron chi connectivity index (χ3n) is 4.77. The van der Waals surface area contributed by atoms with E-state index in [1.807, 2.05) is 24.3 Å². The average Bonchev–Trinajstić information content (AvgIpc) is 2.68. The van der Waals surface area contributed by atoms with Crippen molar-refractivity contribution in [2.45, 2.75) is 32.6 Å². The number of carbonyl (C=O) groups excluding carboxylic acids is 1. The van der Waals surface area contributed by atoms with Gasteiger partial charge in [-0.05, 0) is 43.7 Å². The highest BCUT2D eigenvalue weighted by Gasteiger charge is 2.22. The first kappa shape index (κ1) is 20.2. The number of methoxy groups -OCH3 is 2. The zero-order valence-corrected chi connectivity index (χ0v) is 16.9. The fourth-order valence-electron chi connectivity index (χ4n) is 3.53. The van der Waals surface area contributed by atoms with Gasteiger partial charge in [-0.2, -0.15) is 0 Å². The van der Waals surface area contributed by atoms with Gasteiger partial charge in [0, 0.05) is 31.3 Å². The number of morpholine rings is 1. The number of anilines is 1. The van der Waals surface area contributed by atoms with Crippen LogP contribution in [0.4, 0.5) is 5.69 Å². The van der Waals surface area contributed by atoms with E-state index in [2.05, 4.69) is 24.1 Å². The Labute approximate surface area is 166 Å². The number of nitrogens with one attached hydrogen (secondary N) is 1. The second kappa shape index (κ2) is 9.08. The number of hydrogen-bond acceptors (Lipinski definition) is 5. The molecule has 0 radical (unpaired) electrons. The number of hydrogen-bond donors (Lipinski definition) is 1. The maximum absolute atomic E-state index is 12.6. The predicted octanol–water partition coefficient (Wildman–Crippen LogP) is 3.57. The summed E-state index contributed by atoms with van der Waals surface area (Å²) in [6.45, 7) is 6.90. The largest absolute Gasteiger partial charge is 0.497 e. The summed E-state index contributed by atoms with van der Waals surface area (Å²) in [4.78, 5) is 15.0. The van der Waals surface area contributed by atoms with E-state index in [1.54, 1.807) is 32.4 Å². The molecule has 0 aliphatic carbocycles. The maximum atomic E-state index is 12.6. The Balaban J connectivity index is 1.64. The Morgan fingerprint density at radius 2 is 1.75 bits per heavy atom. The standard InChI is InChI=1S/C22H28N2O4/c1-15-12-24(13-16(2)28-15)14-17-5-7-18(8-6-17)22(25)23-20-10-9-19(26-3)11-21(20)27-4/h5-11,15-16H,12-14H2,1-4H3,(H,23,25). The Morgan fingerprint density at radius 1 is 1.07 bits per heavy atom. The van der Waals surface area contributed by atoms with Crippen molar-refractivity contribution in [3.05, 3.63) is 53.6 Å². The lowest BCUT2D eigenvalue weighted by Gasteiger charge is -2.35. The smallest absolute Gasteiger partial charge is 0.255 e. The van der Waals surface area contributed by atoms with Crippen molar-refractivity contribution in [3.8, 4) is 11.5 Å². The highest BCUT2D eigenvalue weighted by atomic mass is 16.5. The molecule has 1 aliphatic rings. The third-order valence-corrected chi connectivity index (χ3v) is 4.77. The summed E-state index contributed by atoms with van der Waals surface area (Å²) in [5.41, 5.74) is 2.39. The molecule has 1 amide bonds. The molecule has 1 fully saturated rings. The summed E-state index contributed by atoms with van der Waals surface area (Å²) < 4.78 is 16.3. The molecule has 2 aromatic carbocycles. The van der Waals surface area contributed by atoms with E-state index in [1.165, 1.54) is 5.56 Å². The van der Waals surface area contributed by atoms with E-state index in [9.17, 15) is 4.79 Å². The minimum absolute atomic E-state index is 0.177. The topological polar surface area (TPSA) is 60.0 Å². The lowest BCUT2D eigenvalue weighted by atomic mass is 10.1. The summed E-state index contributed by atoms with van der Waals surface area (Å²) in [7, 11) is 3.15. The molecule has 2 unspecified atom stereocenters. The molecule has 3 rings (SSSR count). The van der Waals surface area contributed by atoms with E-state index in [4.69, 9.17) is 14.2 Å². The summed E-state index contributed by atoms with van der Waals surface area (Å²) >= 11 is 0. The Morgan fingerprint density at radius 3 is 2.36 bits per heavy atom. The highest BCUT2D eigenvalue weighted by molar-refractivity contribution is 6.05. The molecular weight excluding hydrogens is 356 g/mol. The van der Waals surface area contributed by atoms with E-state index in [0.717, 1.165) is 19.6 Å². The highest BCUT2D eigenvalue weighted by Crippen LogP contribution is 2.29. The lowest BCUT2D eigenvalue weighted by Crippen LogP contribution is -2.44. The van der Waals surface area contributed by atoms with E-state index >= 15 is 0 Å². The Hall–Kier alpha value is -2.57. The molecule has 6 nitrogen and oxygen atoms in total. The quantitative estimate of drug-likeness (QED) is 0.825. The monoisotopic (exact) mass is 384 g/mol. The van der Waals surface area contributed by atoms with Crippen molar-refractivity contribution in [3.63, 3.8) is 0 Å². The van der Waals surface area contributed by atoms with Gasteiger partial charge in [0.2, 0.25) is 0 Å². The number of benzene rings is 2. The van der Waals surface area contributed by atoms with Crippen LogP contribution in [0.1, 0.15) is 29.8 Å². The van der Waals surface area contributed by atoms with Crippen molar-refractivity contribution >= 4 is 11.6 Å². The van der Waals surface area contributed by atoms with Crippen molar-refractivity contribution < 1.29 is 19.0 Å². The van der Waals surface area contributed by atoms with Gasteiger partial charge in [-0.1, -0.05) is 12.1 Å². The molecule has 0 saturated carbocycles. The van der Waals surface area contributed by atoms with Crippen molar-refractivity contribution in [1.82, 2.24) is 4.90 Å². The van der Waals surface area contributed by atoms with Crippen LogP contribution in [0.15, 0.2) is 42.5 Å². The summed E-state index contributed by atoms with van der Waals surface area (Å²) in [5.74, 6) is 1.05. The zero-order chi connectivity index (χ0) is 20.1. The molecule has 1 aliphatic heterocycles. The van der Waals surface area contributed by atoms with Gasteiger partial charge in [-0.3, -0.25) is 9.69 Å². The molecule has 6 heteroatoms. The molecule has 28 heavy (non-hydrogen) atoms. The van der Waals surface area contributed by atoms with Gasteiger partial charge >= 0.3 is 0 Å². The number of rotatable bonds is 6. The SMILES string of the molecule is COc1ccc(NC(=O)c2ccc(CN3CC(C)OC(C)C3)cc2)c(OC)c1. The molecule has 2 atom stereocenters. The average molecular weight is 384 g/mol. The molecule has 150 valence electrons. The minimum atomic E-state index is -0.177. The van der Waals surface area contributed by atoms with Crippen LogP contribution < -0.4 is 14.8 Å². The summed E-state index contributed by atoms with van der Waals surface area (Å²) in [6.07, 6.45) is 0.488. The Bertz CT molecular complexity index is 797. The molecule has 0 aromatic heterocycles. The van der Waals surface area contributed by atoms with Crippen LogP contribution >= 0.6 is 0 Å². The predicted molar refractivity (Wildman–Crippen MR) is 109 cm³/mol. The molecule has 1 N–H and O–H groups in total. The molecule has 0 bridgehead atoms. The van der Waals surface area contributed by atoms with Crippen molar-refractivity contribution in [1.29, 1.82) is 0 Å². The second-order valence-electron chi connectivity index (χ2n) is 7.17. The second-order valence-corrected chi connectivity index (χ2v) is 7.17. The lowest BCUT2D eigenvalue weighted by molar-refractivity contribution is -0.0704. The van der Waals surface area contributed by atoms with Crippen LogP contribution in [-0.2, 0) is 11.3 Å². The number of amides is 1. The fourth-order valence-corrected chi connectivity index (χ4v) is 3.53. The van der Waals surface area contributed by atoms with Crippen LogP contribution in [0.2, 0.25) is 0 Å². The molecule has 1 saturated heterocycles. The fraction of sp³-hybridized carbons (Fsp3) is 0.409. The van der Waals surface area contributed by atoms with E-state index < -0.39 is 0 Å². The van der Waals surface area contributed by atoms with Crippen LogP contribution in [0.25, 0.3) is 0 Å². The first-order chi connectivity index (χ1) is 13.5. The van der Waals surface area contributed by atoms with Gasteiger partial charge in [0.05, 0.1) is 32.1 Å². The van der Waals surface area contributed by atoms with Crippen LogP contribution in [0.3, 0.4) is 0 Å². The number of nitrogens with zero attached hydrogens (tertiary/aromatic N) is 1. The third kappa shape index (κ3) is 5.03. The molecule has 0 spiro atoms. The number of ether oxygens (including phenoxy) is 3. The zero-order valence-electron chi connectivity index (χ0n) is 16.9. The number of carbonyl (C=O) groups is 1. The van der Waals surface area contributed by atoms with Gasteiger partial charge in [0.1, 0.15) is 11.5 Å². The van der Waals surface area contributed by atoms with Gasteiger partial charge in [0.15, 0.2) is 0 Å². The summed E-state index contributed by atoms with van der Waals surface area (Å²) in [5, 5.41) is 2.90. The van der Waals surface area contributed by atoms with E-state index in [-0.39, 0.29) is 18.1 Å². The van der Waals surface area contributed by atoms with Crippen molar-refractivity contribution in [2.24, 2.45) is 0 Å². The van der Waals surface area contributed by atoms with Gasteiger partial charge in [-0.15, -0.1) is 0 Å². The first-order valence-electron chi connectivity index (χ1n) is 9.48. The Kier molecular flexibility index (Phi) is 6.54. The first-order valence-corrected chi connectivity index (χ1v) is 9.48. The van der Waals surface area contributed by atoms with Gasteiger partial charge in [-0.25, -0.2) is 0 Å². The van der Waals surface area contributed by atoms with Crippen LogP contribution in [-0.4, -0.2) is 50.3 Å². The maximum Gasteiger partial charge on any atom is 0.255 e. The van der Waals surface area contributed by atoms with Gasteiger partial charge < -0.3 is 19.5 Å². The van der Waals surface area contributed by atoms with Gasteiger partial charge in [0.25, 0.3) is 5.91 Å². The molecular formula is C22H28N2O4. The van der Waals surface area contributed by atoms with Crippen molar-refractivity contribution in [2.75, 3.05) is 32.6 Å². The molecule has 2 aromatic rings. The van der Waals surface area contributed by atoms with Crippen LogP contribution in [0.5, 0.6) is 11.5 Å². The molecule has 1 heterocycles. The van der Waals surface area contributed by atoms with Crippen LogP contribution in [0, 0.1) is 0 Å². The van der Waals surface area contributed by atoms with E-state index in [0.29, 0.717) is 22.7 Å². The summed E-state index contributed by atoms with van der Waals surface area (Å²) in [6, 6.07) is 13.0.